The Balaban J connectivity index is 4.70. The average molecular weight is 244 g/mol. The predicted molar refractivity (Wildman–Crippen MR) is 70.6 cm³/mol. The van der Waals surface area contributed by atoms with Crippen molar-refractivity contribution in [2.24, 2.45) is 16.9 Å². The van der Waals surface area contributed by atoms with E-state index in [-0.39, 0.29) is 11.4 Å². The van der Waals surface area contributed by atoms with Crippen LogP contribution in [0.1, 0.15) is 51.9 Å². The zero-order chi connectivity index (χ0) is 13.1. The molecule has 0 aromatic carbocycles. The van der Waals surface area contributed by atoms with Gasteiger partial charge < -0.3 is 16.2 Å². The maximum atomic E-state index is 12.0. The molecule has 0 aliphatic heterocycles. The van der Waals surface area contributed by atoms with Gasteiger partial charge in [-0.05, 0) is 45.2 Å². The monoisotopic (exact) mass is 244 g/mol. The molecular formula is C13H28N2O2. The lowest BCUT2D eigenvalue weighted by Gasteiger charge is -2.31. The summed E-state index contributed by atoms with van der Waals surface area (Å²) < 4.78 is 4.99. The van der Waals surface area contributed by atoms with E-state index in [0.29, 0.717) is 13.1 Å². The quantitative estimate of drug-likeness (QED) is 0.574. The van der Waals surface area contributed by atoms with Crippen molar-refractivity contribution in [3.63, 3.8) is 0 Å². The summed E-state index contributed by atoms with van der Waals surface area (Å²) in [4.78, 5) is 12.0. The first-order valence-corrected chi connectivity index (χ1v) is 6.65. The van der Waals surface area contributed by atoms with Gasteiger partial charge in [0.1, 0.15) is 0 Å². The van der Waals surface area contributed by atoms with Crippen molar-refractivity contribution in [3.8, 4) is 0 Å². The first-order valence-electron chi connectivity index (χ1n) is 6.65. The minimum atomic E-state index is -0.358. The number of rotatable bonds is 10. The fourth-order valence-electron chi connectivity index (χ4n) is 2.29. The number of carbonyl (C=O) groups excluding carboxylic acids is 1. The molecule has 0 aliphatic rings. The van der Waals surface area contributed by atoms with E-state index < -0.39 is 0 Å². The summed E-state index contributed by atoms with van der Waals surface area (Å²) in [6.07, 6.45) is 6.38. The zero-order valence-corrected chi connectivity index (χ0v) is 11.3. The summed E-state index contributed by atoms with van der Waals surface area (Å²) in [6.45, 7) is 3.37. The van der Waals surface area contributed by atoms with Crippen LogP contribution in [0, 0.1) is 5.41 Å². The third-order valence-corrected chi connectivity index (χ3v) is 3.35. The molecule has 4 nitrogen and oxygen atoms in total. The molecule has 0 aromatic rings. The Morgan fingerprint density at radius 1 is 1.06 bits per heavy atom. The zero-order valence-electron chi connectivity index (χ0n) is 11.3. The summed E-state index contributed by atoms with van der Waals surface area (Å²) >= 11 is 0. The Morgan fingerprint density at radius 2 is 1.53 bits per heavy atom. The second kappa shape index (κ2) is 9.42. The lowest BCUT2D eigenvalue weighted by Crippen LogP contribution is -2.34. The van der Waals surface area contributed by atoms with E-state index in [1.807, 2.05) is 0 Å². The van der Waals surface area contributed by atoms with Crippen molar-refractivity contribution in [2.45, 2.75) is 51.9 Å². The molecule has 102 valence electrons. The Bertz CT molecular complexity index is 186. The van der Waals surface area contributed by atoms with Crippen molar-refractivity contribution >= 4 is 5.97 Å². The number of methoxy groups -OCH3 is 1. The fraction of sp³-hybridized carbons (Fsp3) is 0.923. The summed E-state index contributed by atoms with van der Waals surface area (Å²) in [5.74, 6) is -0.0900. The molecule has 0 aliphatic carbocycles. The second-order valence-electron chi connectivity index (χ2n) is 4.66. The van der Waals surface area contributed by atoms with Gasteiger partial charge in [0.2, 0.25) is 0 Å². The van der Waals surface area contributed by atoms with Crippen LogP contribution in [0.2, 0.25) is 0 Å². The van der Waals surface area contributed by atoms with Gasteiger partial charge in [0.25, 0.3) is 0 Å². The van der Waals surface area contributed by atoms with E-state index in [9.17, 15) is 4.79 Å². The van der Waals surface area contributed by atoms with Crippen LogP contribution in [0.4, 0.5) is 0 Å². The van der Waals surface area contributed by atoms with Gasteiger partial charge in [-0.1, -0.05) is 19.8 Å². The molecule has 0 spiro atoms. The molecule has 0 aromatic heterocycles. The first kappa shape index (κ1) is 16.4. The van der Waals surface area contributed by atoms with Crippen molar-refractivity contribution < 1.29 is 9.53 Å². The molecule has 4 N–H and O–H groups in total. The topological polar surface area (TPSA) is 78.3 Å². The average Bonchev–Trinajstić information content (AvgIpc) is 2.37. The molecule has 4 heteroatoms. The van der Waals surface area contributed by atoms with Gasteiger partial charge >= 0.3 is 5.97 Å². The molecule has 0 fully saturated rings. The minimum Gasteiger partial charge on any atom is -0.469 e. The van der Waals surface area contributed by atoms with Gasteiger partial charge in [-0.3, -0.25) is 4.79 Å². The van der Waals surface area contributed by atoms with Crippen LogP contribution in [0.25, 0.3) is 0 Å². The van der Waals surface area contributed by atoms with Crippen LogP contribution >= 0.6 is 0 Å². The lowest BCUT2D eigenvalue weighted by atomic mass is 9.75. The van der Waals surface area contributed by atoms with E-state index in [0.717, 1.165) is 44.9 Å². The molecule has 0 saturated carbocycles. The molecule has 0 unspecified atom stereocenters. The highest BCUT2D eigenvalue weighted by atomic mass is 16.5. The van der Waals surface area contributed by atoms with E-state index >= 15 is 0 Å². The van der Waals surface area contributed by atoms with Gasteiger partial charge in [0.15, 0.2) is 0 Å². The molecule has 0 bridgehead atoms. The normalized spacial score (nSPS) is 11.5. The number of hydrogen-bond acceptors (Lipinski definition) is 4. The van der Waals surface area contributed by atoms with Crippen LogP contribution in [0.3, 0.4) is 0 Å². The highest BCUT2D eigenvalue weighted by Gasteiger charge is 2.37. The predicted octanol–water partition coefficient (Wildman–Crippen LogP) is 1.81. The van der Waals surface area contributed by atoms with E-state index in [2.05, 4.69) is 6.92 Å². The van der Waals surface area contributed by atoms with Crippen LogP contribution in [0.5, 0.6) is 0 Å². The van der Waals surface area contributed by atoms with Gasteiger partial charge in [0, 0.05) is 0 Å². The van der Waals surface area contributed by atoms with E-state index in [1.54, 1.807) is 0 Å². The Labute approximate surface area is 105 Å². The number of esters is 1. The SMILES string of the molecule is CCCCC(CCCN)(CCCN)C(=O)OC. The van der Waals surface area contributed by atoms with Gasteiger partial charge in [0.05, 0.1) is 12.5 Å². The van der Waals surface area contributed by atoms with Crippen LogP contribution in [-0.4, -0.2) is 26.2 Å². The number of unbranched alkanes of at least 4 members (excludes halogenated alkanes) is 1. The number of hydrogen-bond donors (Lipinski definition) is 2. The third-order valence-electron chi connectivity index (χ3n) is 3.35. The van der Waals surface area contributed by atoms with Crippen LogP contribution in [-0.2, 0) is 9.53 Å². The fourth-order valence-corrected chi connectivity index (χ4v) is 2.29. The molecule has 0 atom stereocenters. The summed E-state index contributed by atoms with van der Waals surface area (Å²) in [5, 5.41) is 0. The van der Waals surface area contributed by atoms with Gasteiger partial charge in [-0.25, -0.2) is 0 Å². The highest BCUT2D eigenvalue weighted by molar-refractivity contribution is 5.76. The van der Waals surface area contributed by atoms with Gasteiger partial charge in [-0.15, -0.1) is 0 Å². The largest absolute Gasteiger partial charge is 0.469 e. The second-order valence-corrected chi connectivity index (χ2v) is 4.66. The van der Waals surface area contributed by atoms with Gasteiger partial charge in [-0.2, -0.15) is 0 Å². The molecular weight excluding hydrogens is 216 g/mol. The van der Waals surface area contributed by atoms with Crippen molar-refractivity contribution in [1.29, 1.82) is 0 Å². The van der Waals surface area contributed by atoms with E-state index in [1.165, 1.54) is 7.11 Å². The summed E-state index contributed by atoms with van der Waals surface area (Å²) in [6, 6.07) is 0. The van der Waals surface area contributed by atoms with Crippen LogP contribution < -0.4 is 11.5 Å². The Morgan fingerprint density at radius 3 is 1.88 bits per heavy atom. The smallest absolute Gasteiger partial charge is 0.311 e. The lowest BCUT2D eigenvalue weighted by molar-refractivity contribution is -0.154. The van der Waals surface area contributed by atoms with E-state index in [4.69, 9.17) is 16.2 Å². The Hall–Kier alpha value is -0.610. The maximum absolute atomic E-state index is 12.0. The number of ether oxygens (including phenoxy) is 1. The van der Waals surface area contributed by atoms with Crippen molar-refractivity contribution in [3.05, 3.63) is 0 Å². The molecule has 17 heavy (non-hydrogen) atoms. The van der Waals surface area contributed by atoms with Crippen molar-refractivity contribution in [1.82, 2.24) is 0 Å². The molecule has 0 radical (unpaired) electrons. The molecule has 0 rings (SSSR count). The summed E-state index contributed by atoms with van der Waals surface area (Å²) in [7, 11) is 1.47. The van der Waals surface area contributed by atoms with Crippen LogP contribution in [0.15, 0.2) is 0 Å². The molecule has 0 amide bonds. The number of nitrogens with two attached hydrogens (primary N) is 2. The first-order chi connectivity index (χ1) is 8.16. The van der Waals surface area contributed by atoms with Crippen molar-refractivity contribution in [2.75, 3.05) is 20.2 Å². The maximum Gasteiger partial charge on any atom is 0.311 e. The minimum absolute atomic E-state index is 0.0900. The highest BCUT2D eigenvalue weighted by Crippen LogP contribution is 2.36. The Kier molecular flexibility index (Phi) is 9.09. The third kappa shape index (κ3) is 5.50. The number of carbonyl (C=O) groups is 1. The summed E-state index contributed by atoms with van der Waals surface area (Å²) in [5.41, 5.74) is 10.8. The molecule has 0 heterocycles. The standard InChI is InChI=1S/C13H28N2O2/c1-3-4-7-13(8-5-10-14,9-6-11-15)12(16)17-2/h3-11,14-15H2,1-2H3. The molecule has 0 saturated heterocycles.